The Balaban J connectivity index is 1.59. The molecule has 2 amide bonds. The molecule has 0 radical (unpaired) electrons. The minimum atomic E-state index is -0.470. The molecule has 170 valence electrons. The fourth-order valence-corrected chi connectivity index (χ4v) is 4.65. The van der Waals surface area contributed by atoms with Crippen LogP contribution in [0.25, 0.3) is 0 Å². The van der Waals surface area contributed by atoms with E-state index in [1.807, 2.05) is 0 Å². The van der Waals surface area contributed by atoms with Gasteiger partial charge in [0.2, 0.25) is 5.91 Å². The van der Waals surface area contributed by atoms with Crippen molar-refractivity contribution < 1.29 is 14.5 Å². The third-order valence-electron chi connectivity index (χ3n) is 6.46. The van der Waals surface area contributed by atoms with E-state index >= 15 is 0 Å². The SMILES string of the molecule is CC(C)CCNC(=O)C(C1CCCC1)N1CCN(C(=O)c2ccc([N+](=O)[O-])cc2)CC1. The molecule has 1 aromatic carbocycles. The fraction of sp³-hybridized carbons (Fsp3) is 0.652. The smallest absolute Gasteiger partial charge is 0.269 e. The second-order valence-electron chi connectivity index (χ2n) is 9.10. The molecule has 8 nitrogen and oxygen atoms in total. The monoisotopic (exact) mass is 430 g/mol. The van der Waals surface area contributed by atoms with Gasteiger partial charge in [-0.25, -0.2) is 0 Å². The number of nitrogens with zero attached hydrogens (tertiary/aromatic N) is 3. The minimum absolute atomic E-state index is 0.0238. The number of hydrogen-bond acceptors (Lipinski definition) is 5. The molecule has 1 atom stereocenters. The number of carbonyl (C=O) groups is 2. The van der Waals surface area contributed by atoms with Crippen molar-refractivity contribution in [1.29, 1.82) is 0 Å². The Bertz CT molecular complexity index is 766. The number of hydrogen-bond donors (Lipinski definition) is 1. The van der Waals surface area contributed by atoms with Crippen molar-refractivity contribution >= 4 is 17.5 Å². The van der Waals surface area contributed by atoms with E-state index in [1.165, 1.54) is 37.1 Å². The summed E-state index contributed by atoms with van der Waals surface area (Å²) in [6, 6.07) is 5.63. The summed E-state index contributed by atoms with van der Waals surface area (Å²) in [5, 5.41) is 14.0. The van der Waals surface area contributed by atoms with Crippen LogP contribution in [0.15, 0.2) is 24.3 Å². The van der Waals surface area contributed by atoms with Gasteiger partial charge >= 0.3 is 0 Å². The second-order valence-corrected chi connectivity index (χ2v) is 9.10. The van der Waals surface area contributed by atoms with E-state index in [-0.39, 0.29) is 23.5 Å². The highest BCUT2D eigenvalue weighted by Crippen LogP contribution is 2.31. The first-order valence-electron chi connectivity index (χ1n) is 11.4. The van der Waals surface area contributed by atoms with E-state index in [0.717, 1.165) is 19.3 Å². The lowest BCUT2D eigenvalue weighted by Gasteiger charge is -2.40. The minimum Gasteiger partial charge on any atom is -0.355 e. The van der Waals surface area contributed by atoms with Gasteiger partial charge in [-0.2, -0.15) is 0 Å². The summed E-state index contributed by atoms with van der Waals surface area (Å²) in [6.45, 7) is 7.45. The molecule has 1 saturated heterocycles. The highest BCUT2D eigenvalue weighted by molar-refractivity contribution is 5.94. The van der Waals surface area contributed by atoms with Gasteiger partial charge in [0.25, 0.3) is 11.6 Å². The lowest BCUT2D eigenvalue weighted by atomic mass is 9.94. The molecule has 1 saturated carbocycles. The van der Waals surface area contributed by atoms with E-state index in [4.69, 9.17) is 0 Å². The Labute approximate surface area is 184 Å². The predicted octanol–water partition coefficient (Wildman–Crippen LogP) is 3.07. The summed E-state index contributed by atoms with van der Waals surface area (Å²) in [5.74, 6) is 0.950. The summed E-state index contributed by atoms with van der Waals surface area (Å²) in [6.07, 6.45) is 5.51. The van der Waals surface area contributed by atoms with Crippen LogP contribution in [0.1, 0.15) is 56.3 Å². The van der Waals surface area contributed by atoms with Crippen LogP contribution in [0.3, 0.4) is 0 Å². The molecule has 2 aliphatic rings. The number of rotatable bonds is 8. The molecular weight excluding hydrogens is 396 g/mol. The Morgan fingerprint density at radius 3 is 2.26 bits per heavy atom. The number of nitrogens with one attached hydrogen (secondary N) is 1. The van der Waals surface area contributed by atoms with Gasteiger partial charge in [-0.05, 0) is 43.2 Å². The highest BCUT2D eigenvalue weighted by Gasteiger charge is 2.37. The van der Waals surface area contributed by atoms with E-state index in [1.54, 1.807) is 4.90 Å². The first kappa shape index (κ1) is 23.2. The van der Waals surface area contributed by atoms with Crippen LogP contribution in [0.5, 0.6) is 0 Å². The number of amides is 2. The molecule has 8 heteroatoms. The molecule has 0 spiro atoms. The zero-order chi connectivity index (χ0) is 22.4. The molecule has 1 heterocycles. The molecule has 1 aromatic rings. The average Bonchev–Trinajstić information content (AvgIpc) is 3.28. The Morgan fingerprint density at radius 2 is 1.71 bits per heavy atom. The summed E-state index contributed by atoms with van der Waals surface area (Å²) in [4.78, 5) is 40.2. The van der Waals surface area contributed by atoms with E-state index in [9.17, 15) is 19.7 Å². The van der Waals surface area contributed by atoms with Gasteiger partial charge in [0.15, 0.2) is 0 Å². The molecule has 0 bridgehead atoms. The van der Waals surface area contributed by atoms with Crippen LogP contribution in [0.4, 0.5) is 5.69 Å². The van der Waals surface area contributed by atoms with Crippen molar-refractivity contribution in [2.24, 2.45) is 11.8 Å². The Kier molecular flexibility index (Phi) is 8.01. The maximum atomic E-state index is 13.0. The van der Waals surface area contributed by atoms with Crippen molar-refractivity contribution in [2.75, 3.05) is 32.7 Å². The largest absolute Gasteiger partial charge is 0.355 e. The van der Waals surface area contributed by atoms with Gasteiger partial charge in [-0.15, -0.1) is 0 Å². The number of nitro benzene ring substituents is 1. The van der Waals surface area contributed by atoms with Crippen molar-refractivity contribution in [1.82, 2.24) is 15.1 Å². The first-order valence-corrected chi connectivity index (χ1v) is 11.4. The maximum absolute atomic E-state index is 13.0. The molecule has 31 heavy (non-hydrogen) atoms. The van der Waals surface area contributed by atoms with Crippen LogP contribution in [-0.4, -0.2) is 65.3 Å². The summed E-state index contributed by atoms with van der Waals surface area (Å²) < 4.78 is 0. The topological polar surface area (TPSA) is 95.8 Å². The number of carbonyl (C=O) groups excluding carboxylic acids is 2. The zero-order valence-electron chi connectivity index (χ0n) is 18.6. The third-order valence-corrected chi connectivity index (χ3v) is 6.46. The molecule has 1 unspecified atom stereocenters. The molecule has 2 fully saturated rings. The lowest BCUT2D eigenvalue weighted by Crippen LogP contribution is -2.58. The van der Waals surface area contributed by atoms with Crippen molar-refractivity contribution in [3.8, 4) is 0 Å². The van der Waals surface area contributed by atoms with Gasteiger partial charge in [-0.3, -0.25) is 24.6 Å². The maximum Gasteiger partial charge on any atom is 0.269 e. The van der Waals surface area contributed by atoms with Crippen molar-refractivity contribution in [3.63, 3.8) is 0 Å². The van der Waals surface area contributed by atoms with Gasteiger partial charge in [0.1, 0.15) is 0 Å². The van der Waals surface area contributed by atoms with Gasteiger partial charge in [0, 0.05) is 50.4 Å². The average molecular weight is 431 g/mol. The third kappa shape index (κ3) is 6.03. The number of benzene rings is 1. The summed E-state index contributed by atoms with van der Waals surface area (Å²) >= 11 is 0. The number of piperazine rings is 1. The predicted molar refractivity (Wildman–Crippen MR) is 119 cm³/mol. The number of non-ortho nitro benzene ring substituents is 1. The van der Waals surface area contributed by atoms with Crippen LogP contribution in [0.2, 0.25) is 0 Å². The van der Waals surface area contributed by atoms with E-state index < -0.39 is 4.92 Å². The molecule has 0 aromatic heterocycles. The highest BCUT2D eigenvalue weighted by atomic mass is 16.6. The van der Waals surface area contributed by atoms with Gasteiger partial charge < -0.3 is 10.2 Å². The first-order chi connectivity index (χ1) is 14.9. The normalized spacial score (nSPS) is 18.9. The molecule has 3 rings (SSSR count). The van der Waals surface area contributed by atoms with E-state index in [2.05, 4.69) is 24.1 Å². The Morgan fingerprint density at radius 1 is 1.10 bits per heavy atom. The van der Waals surface area contributed by atoms with Crippen LogP contribution in [0, 0.1) is 22.0 Å². The number of nitro groups is 1. The van der Waals surface area contributed by atoms with Crippen LogP contribution >= 0.6 is 0 Å². The second kappa shape index (κ2) is 10.7. The van der Waals surface area contributed by atoms with Crippen molar-refractivity contribution in [2.45, 2.75) is 52.0 Å². The Hall–Kier alpha value is -2.48. The fourth-order valence-electron chi connectivity index (χ4n) is 4.65. The standard InChI is InChI=1S/C23H34N4O4/c1-17(2)11-12-24-22(28)21(18-5-3-4-6-18)25-13-15-26(16-14-25)23(29)19-7-9-20(10-8-19)27(30)31/h7-10,17-18,21H,3-6,11-16H2,1-2H3,(H,24,28). The molecule has 1 aliphatic heterocycles. The van der Waals surface area contributed by atoms with Crippen LogP contribution in [-0.2, 0) is 4.79 Å². The van der Waals surface area contributed by atoms with Gasteiger partial charge in [0.05, 0.1) is 11.0 Å². The zero-order valence-corrected chi connectivity index (χ0v) is 18.6. The lowest BCUT2D eigenvalue weighted by molar-refractivity contribution is -0.384. The quantitative estimate of drug-likeness (QED) is 0.505. The van der Waals surface area contributed by atoms with Gasteiger partial charge in [-0.1, -0.05) is 26.7 Å². The summed E-state index contributed by atoms with van der Waals surface area (Å²) in [5.41, 5.74) is 0.432. The van der Waals surface area contributed by atoms with Crippen LogP contribution < -0.4 is 5.32 Å². The van der Waals surface area contributed by atoms with Crippen molar-refractivity contribution in [3.05, 3.63) is 39.9 Å². The molecular formula is C23H34N4O4. The molecule has 1 N–H and O–H groups in total. The summed E-state index contributed by atoms with van der Waals surface area (Å²) in [7, 11) is 0. The molecule has 1 aliphatic carbocycles. The van der Waals surface area contributed by atoms with E-state index in [0.29, 0.717) is 50.1 Å².